The van der Waals surface area contributed by atoms with Gasteiger partial charge in [-0.15, -0.1) is 0 Å². The number of sulfonamides is 1. The average Bonchev–Trinajstić information content (AvgIpc) is 2.55. The Hall–Kier alpha value is -2.18. The molecule has 0 saturated carbocycles. The lowest BCUT2D eigenvalue weighted by Crippen LogP contribution is -2.37. The molecule has 6 heteroatoms. The van der Waals surface area contributed by atoms with Gasteiger partial charge in [-0.1, -0.05) is 42.5 Å². The highest BCUT2D eigenvalue weighted by Crippen LogP contribution is 2.12. The molecule has 134 valence electrons. The molecule has 0 bridgehead atoms. The first kappa shape index (κ1) is 19.1. The lowest BCUT2D eigenvalue weighted by atomic mass is 10.1. The summed E-state index contributed by atoms with van der Waals surface area (Å²) in [6.07, 6.45) is 0. The molecular weight excluding hydrogens is 336 g/mol. The molecule has 25 heavy (non-hydrogen) atoms. The summed E-state index contributed by atoms with van der Waals surface area (Å²) < 4.78 is 26.6. The van der Waals surface area contributed by atoms with Gasteiger partial charge in [-0.3, -0.25) is 4.79 Å². The molecule has 0 aliphatic heterocycles. The molecule has 0 aliphatic carbocycles. The van der Waals surface area contributed by atoms with E-state index in [0.29, 0.717) is 12.1 Å². The summed E-state index contributed by atoms with van der Waals surface area (Å²) in [7, 11) is -3.56. The molecule has 2 aromatic carbocycles. The first-order chi connectivity index (χ1) is 11.8. The molecule has 0 aromatic heterocycles. The van der Waals surface area contributed by atoms with Gasteiger partial charge in [0.15, 0.2) is 0 Å². The fourth-order valence-corrected chi connectivity index (χ4v) is 3.48. The molecule has 0 unspecified atom stereocenters. The summed E-state index contributed by atoms with van der Waals surface area (Å²) in [6, 6.07) is 13.3. The molecule has 2 N–H and O–H groups in total. The lowest BCUT2D eigenvalue weighted by molar-refractivity contribution is -0.120. The van der Waals surface area contributed by atoms with Crippen LogP contribution in [0.5, 0.6) is 0 Å². The van der Waals surface area contributed by atoms with Crippen LogP contribution in [0.2, 0.25) is 0 Å². The number of hydrogen-bond donors (Lipinski definition) is 2. The van der Waals surface area contributed by atoms with Crippen LogP contribution in [0.4, 0.5) is 0 Å². The number of carbonyl (C=O) groups is 1. The number of rotatable bonds is 7. The van der Waals surface area contributed by atoms with Gasteiger partial charge in [-0.2, -0.15) is 0 Å². The summed E-state index contributed by atoms with van der Waals surface area (Å²) in [5.41, 5.74) is 4.95. The number of carbonyl (C=O) groups excluding carboxylic acids is 1. The minimum atomic E-state index is -3.56. The van der Waals surface area contributed by atoms with Crippen molar-refractivity contribution in [2.24, 2.45) is 0 Å². The monoisotopic (exact) mass is 360 g/mol. The molecule has 0 aliphatic rings. The van der Waals surface area contributed by atoms with E-state index in [1.165, 1.54) is 0 Å². The standard InChI is InChI=1S/C19H24N2O3S/c1-14-8-9-17(10-16(14)3)13-25(23,24)21-12-19(22)20-11-18-7-5-4-6-15(18)2/h4-10,21H,11-13H2,1-3H3,(H,20,22). The number of amides is 1. The highest BCUT2D eigenvalue weighted by Gasteiger charge is 2.14. The van der Waals surface area contributed by atoms with E-state index < -0.39 is 10.0 Å². The molecule has 2 rings (SSSR count). The highest BCUT2D eigenvalue weighted by atomic mass is 32.2. The zero-order valence-electron chi connectivity index (χ0n) is 14.8. The molecular formula is C19H24N2O3S. The van der Waals surface area contributed by atoms with E-state index in [0.717, 1.165) is 22.3 Å². The molecule has 0 atom stereocenters. The van der Waals surface area contributed by atoms with E-state index in [1.807, 2.05) is 57.2 Å². The van der Waals surface area contributed by atoms with E-state index in [9.17, 15) is 13.2 Å². The third-order valence-corrected chi connectivity index (χ3v) is 5.42. The van der Waals surface area contributed by atoms with Crippen LogP contribution >= 0.6 is 0 Å². The van der Waals surface area contributed by atoms with Gasteiger partial charge in [0.1, 0.15) is 0 Å². The summed E-state index contributed by atoms with van der Waals surface area (Å²) in [5, 5.41) is 2.73. The zero-order valence-corrected chi connectivity index (χ0v) is 15.6. The zero-order chi connectivity index (χ0) is 18.4. The van der Waals surface area contributed by atoms with Crippen molar-refractivity contribution in [2.75, 3.05) is 6.54 Å². The van der Waals surface area contributed by atoms with Gasteiger partial charge < -0.3 is 5.32 Å². The van der Waals surface area contributed by atoms with Gasteiger partial charge >= 0.3 is 0 Å². The van der Waals surface area contributed by atoms with Crippen molar-refractivity contribution >= 4 is 15.9 Å². The predicted molar refractivity (Wildman–Crippen MR) is 99.6 cm³/mol. The van der Waals surface area contributed by atoms with Crippen molar-refractivity contribution < 1.29 is 13.2 Å². The van der Waals surface area contributed by atoms with Crippen molar-refractivity contribution in [1.29, 1.82) is 0 Å². The molecule has 0 fully saturated rings. The second-order valence-corrected chi connectivity index (χ2v) is 8.01. The van der Waals surface area contributed by atoms with Crippen LogP contribution in [0.15, 0.2) is 42.5 Å². The first-order valence-electron chi connectivity index (χ1n) is 8.11. The maximum atomic E-state index is 12.1. The Labute approximate surface area is 149 Å². The van der Waals surface area contributed by atoms with Crippen molar-refractivity contribution in [3.8, 4) is 0 Å². The van der Waals surface area contributed by atoms with Gasteiger partial charge in [-0.25, -0.2) is 13.1 Å². The quantitative estimate of drug-likeness (QED) is 0.796. The van der Waals surface area contributed by atoms with E-state index in [-0.39, 0.29) is 18.2 Å². The smallest absolute Gasteiger partial charge is 0.235 e. The fraction of sp³-hybridized carbons (Fsp3) is 0.316. The second kappa shape index (κ2) is 8.27. The molecule has 0 heterocycles. The van der Waals surface area contributed by atoms with Crippen LogP contribution in [0.1, 0.15) is 27.8 Å². The van der Waals surface area contributed by atoms with Crippen molar-refractivity contribution in [3.63, 3.8) is 0 Å². The summed E-state index contributed by atoms with van der Waals surface area (Å²) >= 11 is 0. The van der Waals surface area contributed by atoms with E-state index in [2.05, 4.69) is 10.0 Å². The van der Waals surface area contributed by atoms with Gasteiger partial charge in [0.05, 0.1) is 12.3 Å². The molecule has 0 spiro atoms. The Morgan fingerprint density at radius 3 is 2.36 bits per heavy atom. The third-order valence-electron chi connectivity index (χ3n) is 4.12. The second-order valence-electron chi connectivity index (χ2n) is 6.20. The Morgan fingerprint density at radius 2 is 1.68 bits per heavy atom. The van der Waals surface area contributed by atoms with Gasteiger partial charge in [0.2, 0.25) is 15.9 Å². The van der Waals surface area contributed by atoms with Gasteiger partial charge in [0.25, 0.3) is 0 Å². The molecule has 1 amide bonds. The molecule has 2 aromatic rings. The predicted octanol–water partition coefficient (Wildman–Crippen LogP) is 2.35. The van der Waals surface area contributed by atoms with E-state index in [4.69, 9.17) is 0 Å². The van der Waals surface area contributed by atoms with Crippen molar-refractivity contribution in [1.82, 2.24) is 10.0 Å². The lowest BCUT2D eigenvalue weighted by Gasteiger charge is -2.10. The van der Waals surface area contributed by atoms with Crippen LogP contribution in [0.3, 0.4) is 0 Å². The SMILES string of the molecule is Cc1ccc(CS(=O)(=O)NCC(=O)NCc2ccccc2C)cc1C. The number of benzene rings is 2. The normalized spacial score (nSPS) is 11.3. The topological polar surface area (TPSA) is 75.3 Å². The minimum absolute atomic E-state index is 0.140. The molecule has 0 radical (unpaired) electrons. The van der Waals surface area contributed by atoms with Crippen LogP contribution in [0.25, 0.3) is 0 Å². The summed E-state index contributed by atoms with van der Waals surface area (Å²) in [5.74, 6) is -0.494. The number of nitrogens with one attached hydrogen (secondary N) is 2. The highest BCUT2D eigenvalue weighted by molar-refractivity contribution is 7.88. The Kier molecular flexibility index (Phi) is 6.33. The van der Waals surface area contributed by atoms with Crippen LogP contribution < -0.4 is 10.0 Å². The first-order valence-corrected chi connectivity index (χ1v) is 9.77. The maximum Gasteiger partial charge on any atom is 0.235 e. The van der Waals surface area contributed by atoms with Crippen LogP contribution in [-0.2, 0) is 27.1 Å². The number of aryl methyl sites for hydroxylation is 3. The molecule has 0 saturated heterocycles. The Bertz CT molecular complexity index is 861. The van der Waals surface area contributed by atoms with Crippen molar-refractivity contribution in [3.05, 3.63) is 70.3 Å². The van der Waals surface area contributed by atoms with Gasteiger partial charge in [-0.05, 0) is 48.6 Å². The Balaban J connectivity index is 1.85. The van der Waals surface area contributed by atoms with Crippen LogP contribution in [0, 0.1) is 20.8 Å². The van der Waals surface area contributed by atoms with E-state index >= 15 is 0 Å². The summed E-state index contributed by atoms with van der Waals surface area (Å²) in [4.78, 5) is 11.9. The minimum Gasteiger partial charge on any atom is -0.351 e. The van der Waals surface area contributed by atoms with Gasteiger partial charge in [0, 0.05) is 6.54 Å². The third kappa shape index (κ3) is 5.99. The number of hydrogen-bond acceptors (Lipinski definition) is 3. The average molecular weight is 360 g/mol. The maximum absolute atomic E-state index is 12.1. The fourth-order valence-electron chi connectivity index (χ4n) is 2.40. The van der Waals surface area contributed by atoms with E-state index in [1.54, 1.807) is 6.07 Å². The Morgan fingerprint density at radius 1 is 0.960 bits per heavy atom. The largest absolute Gasteiger partial charge is 0.351 e. The summed E-state index contributed by atoms with van der Waals surface area (Å²) in [6.45, 7) is 6.00. The van der Waals surface area contributed by atoms with Crippen LogP contribution in [-0.4, -0.2) is 20.9 Å². The van der Waals surface area contributed by atoms with Crippen molar-refractivity contribution in [2.45, 2.75) is 33.1 Å². The molecule has 5 nitrogen and oxygen atoms in total.